The van der Waals surface area contributed by atoms with E-state index in [4.69, 9.17) is 5.73 Å². The van der Waals surface area contributed by atoms with E-state index in [1.54, 1.807) is 42.5 Å². The van der Waals surface area contributed by atoms with E-state index >= 15 is 0 Å². The molecule has 0 saturated heterocycles. The number of sulfone groups is 1. The molecule has 0 aliphatic carbocycles. The molecule has 0 aliphatic rings. The van der Waals surface area contributed by atoms with Crippen molar-refractivity contribution in [2.75, 3.05) is 14.1 Å². The summed E-state index contributed by atoms with van der Waals surface area (Å²) in [4.78, 5) is 2.63. The summed E-state index contributed by atoms with van der Waals surface area (Å²) in [5.41, 5.74) is 7.03. The van der Waals surface area contributed by atoms with Crippen LogP contribution in [0.3, 0.4) is 0 Å². The molecule has 4 nitrogen and oxygen atoms in total. The Hall–Kier alpha value is -1.69. The lowest BCUT2D eigenvalue weighted by molar-refractivity contribution is 0.266. The summed E-state index contributed by atoms with van der Waals surface area (Å²) in [6, 6.07) is 15.4. The summed E-state index contributed by atoms with van der Waals surface area (Å²) in [5.74, 6) is 0. The Morgan fingerprint density at radius 3 is 1.86 bits per heavy atom. The van der Waals surface area contributed by atoms with Gasteiger partial charge in [-0.3, -0.25) is 0 Å². The lowest BCUT2D eigenvalue weighted by atomic mass is 10.0. The second kappa shape index (κ2) is 6.60. The maximum atomic E-state index is 12.5. The van der Waals surface area contributed by atoms with Gasteiger partial charge in [0.1, 0.15) is 0 Å². The van der Waals surface area contributed by atoms with Gasteiger partial charge in [-0.25, -0.2) is 8.42 Å². The minimum atomic E-state index is -3.47. The number of nitrogens with two attached hydrogens (primary N) is 1. The van der Waals surface area contributed by atoms with Crippen LogP contribution < -0.4 is 5.73 Å². The zero-order chi connectivity index (χ0) is 16.3. The minimum Gasteiger partial charge on any atom is -0.326 e. The van der Waals surface area contributed by atoms with Crippen LogP contribution in [0.5, 0.6) is 0 Å². The molecular formula is C17H22N2O2S. The molecule has 22 heavy (non-hydrogen) atoms. The molecule has 0 radical (unpaired) electrons. The fraction of sp³-hybridized carbons (Fsp3) is 0.294. The first-order valence-electron chi connectivity index (χ1n) is 7.16. The van der Waals surface area contributed by atoms with Crippen LogP contribution >= 0.6 is 0 Å². The first-order valence-corrected chi connectivity index (χ1v) is 8.64. The minimum absolute atomic E-state index is 0.0495. The summed E-state index contributed by atoms with van der Waals surface area (Å²) in [6.07, 6.45) is 0. The Labute approximate surface area is 132 Å². The Balaban J connectivity index is 2.37. The van der Waals surface area contributed by atoms with E-state index in [0.29, 0.717) is 9.79 Å². The maximum absolute atomic E-state index is 12.5. The van der Waals surface area contributed by atoms with Crippen LogP contribution in [0.4, 0.5) is 0 Å². The topological polar surface area (TPSA) is 63.4 Å². The quantitative estimate of drug-likeness (QED) is 0.920. The van der Waals surface area contributed by atoms with Crippen LogP contribution in [0.2, 0.25) is 0 Å². The molecule has 0 unspecified atom stereocenters. The first kappa shape index (κ1) is 16.7. The highest BCUT2D eigenvalue weighted by Crippen LogP contribution is 2.25. The van der Waals surface area contributed by atoms with Crippen molar-refractivity contribution >= 4 is 9.84 Å². The van der Waals surface area contributed by atoms with Gasteiger partial charge in [0.15, 0.2) is 0 Å². The Morgan fingerprint density at radius 2 is 1.41 bits per heavy atom. The highest BCUT2D eigenvalue weighted by atomic mass is 32.2. The molecular weight excluding hydrogens is 296 g/mol. The van der Waals surface area contributed by atoms with Crippen LogP contribution in [0, 0.1) is 0 Å². The summed E-state index contributed by atoms with van der Waals surface area (Å²) in [6.45, 7) is 1.94. The van der Waals surface area contributed by atoms with Gasteiger partial charge in [0.05, 0.1) is 9.79 Å². The van der Waals surface area contributed by atoms with Gasteiger partial charge in [0, 0.05) is 12.1 Å². The van der Waals surface area contributed by atoms with Crippen molar-refractivity contribution in [3.63, 3.8) is 0 Å². The highest BCUT2D eigenvalue weighted by Gasteiger charge is 2.21. The monoisotopic (exact) mass is 318 g/mol. The van der Waals surface area contributed by atoms with Gasteiger partial charge in [-0.05, 0) is 50.8 Å². The van der Waals surface area contributed by atoms with E-state index in [2.05, 4.69) is 0 Å². The van der Waals surface area contributed by atoms with E-state index < -0.39 is 9.84 Å². The molecule has 2 aromatic carbocycles. The largest absolute Gasteiger partial charge is 0.326 e. The van der Waals surface area contributed by atoms with Gasteiger partial charge in [0.2, 0.25) is 9.84 Å². The molecule has 0 bridgehead atoms. The SMILES string of the molecule is C[C@H](N)[C@H](c1ccc(S(=O)(=O)c2ccccc2)cc1)N(C)C. The molecule has 0 aliphatic heterocycles. The molecule has 0 saturated carbocycles. The Kier molecular flexibility index (Phi) is 5.01. The number of benzene rings is 2. The molecule has 2 rings (SSSR count). The van der Waals surface area contributed by atoms with E-state index in [9.17, 15) is 8.42 Å². The first-order chi connectivity index (χ1) is 10.3. The molecule has 2 aromatic rings. The third-order valence-electron chi connectivity index (χ3n) is 3.64. The number of nitrogens with zero attached hydrogens (tertiary/aromatic N) is 1. The van der Waals surface area contributed by atoms with Crippen LogP contribution in [0.15, 0.2) is 64.4 Å². The second-order valence-corrected chi connectivity index (χ2v) is 7.60. The molecule has 0 aromatic heterocycles. The van der Waals surface area contributed by atoms with Crippen LogP contribution in [-0.4, -0.2) is 33.5 Å². The average molecular weight is 318 g/mol. The zero-order valence-electron chi connectivity index (χ0n) is 13.1. The summed E-state index contributed by atoms with van der Waals surface area (Å²) < 4.78 is 25.1. The Morgan fingerprint density at radius 1 is 0.909 bits per heavy atom. The van der Waals surface area contributed by atoms with Gasteiger partial charge >= 0.3 is 0 Å². The van der Waals surface area contributed by atoms with Crippen molar-refractivity contribution in [1.82, 2.24) is 4.90 Å². The van der Waals surface area contributed by atoms with Crippen molar-refractivity contribution < 1.29 is 8.42 Å². The molecule has 0 spiro atoms. The van der Waals surface area contributed by atoms with Crippen LogP contribution in [0.1, 0.15) is 18.5 Å². The normalized spacial score (nSPS) is 14.8. The Bertz CT molecular complexity index is 700. The van der Waals surface area contributed by atoms with Crippen molar-refractivity contribution in [2.45, 2.75) is 28.8 Å². The summed E-state index contributed by atoms with van der Waals surface area (Å²) in [5, 5.41) is 0. The third kappa shape index (κ3) is 3.38. The van der Waals surface area contributed by atoms with Gasteiger partial charge in [0.25, 0.3) is 0 Å². The maximum Gasteiger partial charge on any atom is 0.206 e. The van der Waals surface area contributed by atoms with Crippen molar-refractivity contribution in [2.24, 2.45) is 5.73 Å². The molecule has 0 heterocycles. The fourth-order valence-corrected chi connectivity index (χ4v) is 3.93. The van der Waals surface area contributed by atoms with Gasteiger partial charge in [-0.1, -0.05) is 30.3 Å². The van der Waals surface area contributed by atoms with Gasteiger partial charge < -0.3 is 10.6 Å². The average Bonchev–Trinajstić information content (AvgIpc) is 2.48. The predicted octanol–water partition coefficient (Wildman–Crippen LogP) is 2.47. The van der Waals surface area contributed by atoms with Crippen LogP contribution in [0.25, 0.3) is 0 Å². The van der Waals surface area contributed by atoms with Gasteiger partial charge in [-0.15, -0.1) is 0 Å². The van der Waals surface area contributed by atoms with Crippen molar-refractivity contribution in [3.8, 4) is 0 Å². The lowest BCUT2D eigenvalue weighted by Crippen LogP contribution is -2.35. The molecule has 118 valence electrons. The molecule has 5 heteroatoms. The number of hydrogen-bond donors (Lipinski definition) is 1. The fourth-order valence-electron chi connectivity index (χ4n) is 2.65. The lowest BCUT2D eigenvalue weighted by Gasteiger charge is -2.28. The van der Waals surface area contributed by atoms with E-state index in [1.807, 2.05) is 38.1 Å². The van der Waals surface area contributed by atoms with E-state index in [0.717, 1.165) is 5.56 Å². The van der Waals surface area contributed by atoms with Gasteiger partial charge in [-0.2, -0.15) is 0 Å². The molecule has 2 atom stereocenters. The molecule has 2 N–H and O–H groups in total. The predicted molar refractivity (Wildman–Crippen MR) is 88.4 cm³/mol. The zero-order valence-corrected chi connectivity index (χ0v) is 13.9. The van der Waals surface area contributed by atoms with E-state index in [1.165, 1.54) is 0 Å². The molecule has 0 amide bonds. The standard InChI is InChI=1S/C17H22N2O2S/c1-13(18)17(19(2)3)14-9-11-16(12-10-14)22(20,21)15-7-5-4-6-8-15/h4-13,17H,18H2,1-3H3/t13-,17+/m0/s1. The molecule has 0 fully saturated rings. The second-order valence-electron chi connectivity index (χ2n) is 5.65. The third-order valence-corrected chi connectivity index (χ3v) is 5.43. The summed E-state index contributed by atoms with van der Waals surface area (Å²) in [7, 11) is 0.455. The summed E-state index contributed by atoms with van der Waals surface area (Å²) >= 11 is 0. The van der Waals surface area contributed by atoms with Crippen LogP contribution in [-0.2, 0) is 9.84 Å². The number of likely N-dealkylation sites (N-methyl/N-ethyl adjacent to an activating group) is 1. The number of hydrogen-bond acceptors (Lipinski definition) is 4. The van der Waals surface area contributed by atoms with Crippen molar-refractivity contribution in [1.29, 1.82) is 0 Å². The highest BCUT2D eigenvalue weighted by molar-refractivity contribution is 7.91. The number of rotatable bonds is 5. The smallest absolute Gasteiger partial charge is 0.206 e. The van der Waals surface area contributed by atoms with E-state index in [-0.39, 0.29) is 12.1 Å². The van der Waals surface area contributed by atoms with Crippen molar-refractivity contribution in [3.05, 3.63) is 60.2 Å².